The van der Waals surface area contributed by atoms with Gasteiger partial charge in [0.2, 0.25) is 5.95 Å². The number of halogens is 1. The Balaban J connectivity index is 1.71. The van der Waals surface area contributed by atoms with E-state index in [2.05, 4.69) is 27.4 Å². The van der Waals surface area contributed by atoms with Crippen LogP contribution >= 0.6 is 11.8 Å². The van der Waals surface area contributed by atoms with Crippen molar-refractivity contribution >= 4 is 17.7 Å². The van der Waals surface area contributed by atoms with E-state index in [0.29, 0.717) is 5.95 Å². The van der Waals surface area contributed by atoms with E-state index in [0.717, 1.165) is 24.7 Å². The quantitative estimate of drug-likeness (QED) is 0.653. The lowest BCUT2D eigenvalue weighted by atomic mass is 10.4. The standard InChI is InChI=1S/C12H12FN3S/c13-10-8-15-12(16-9-10)14-6-7-17-11-4-2-1-3-5-11/h1-5,8-9H,6-7H2,(H,14,15,16). The number of nitrogens with one attached hydrogen (secondary N) is 1. The lowest BCUT2D eigenvalue weighted by Gasteiger charge is -2.04. The van der Waals surface area contributed by atoms with Gasteiger partial charge in [-0.1, -0.05) is 18.2 Å². The van der Waals surface area contributed by atoms with Crippen molar-refractivity contribution in [3.8, 4) is 0 Å². The molecular weight excluding hydrogens is 237 g/mol. The van der Waals surface area contributed by atoms with Crippen molar-refractivity contribution in [1.29, 1.82) is 0 Å². The first kappa shape index (κ1) is 11.9. The molecule has 88 valence electrons. The minimum atomic E-state index is -0.422. The van der Waals surface area contributed by atoms with E-state index in [-0.39, 0.29) is 0 Å². The summed E-state index contributed by atoms with van der Waals surface area (Å²) >= 11 is 1.75. The van der Waals surface area contributed by atoms with Crippen LogP contribution in [0, 0.1) is 5.82 Å². The number of aromatic nitrogens is 2. The Morgan fingerprint density at radius 3 is 2.53 bits per heavy atom. The summed E-state index contributed by atoms with van der Waals surface area (Å²) in [5, 5.41) is 3.03. The van der Waals surface area contributed by atoms with Crippen molar-refractivity contribution < 1.29 is 4.39 Å². The van der Waals surface area contributed by atoms with Crippen LogP contribution in [0.15, 0.2) is 47.6 Å². The predicted octanol–water partition coefficient (Wildman–Crippen LogP) is 2.82. The van der Waals surface area contributed by atoms with E-state index in [1.54, 1.807) is 11.8 Å². The summed E-state index contributed by atoms with van der Waals surface area (Å²) in [6.07, 6.45) is 2.30. The highest BCUT2D eigenvalue weighted by Crippen LogP contribution is 2.16. The van der Waals surface area contributed by atoms with Crippen molar-refractivity contribution in [1.82, 2.24) is 9.97 Å². The molecule has 1 N–H and O–H groups in total. The summed E-state index contributed by atoms with van der Waals surface area (Å²) in [6.45, 7) is 0.741. The summed E-state index contributed by atoms with van der Waals surface area (Å²) in [5.41, 5.74) is 0. The molecule has 0 aliphatic carbocycles. The molecule has 0 atom stereocenters. The molecule has 2 rings (SSSR count). The van der Waals surface area contributed by atoms with E-state index in [9.17, 15) is 4.39 Å². The van der Waals surface area contributed by atoms with Crippen LogP contribution in [0.1, 0.15) is 0 Å². The molecule has 0 amide bonds. The molecule has 0 bridgehead atoms. The number of benzene rings is 1. The minimum absolute atomic E-state index is 0.422. The fraction of sp³-hybridized carbons (Fsp3) is 0.167. The van der Waals surface area contributed by atoms with Gasteiger partial charge in [0.05, 0.1) is 12.4 Å². The van der Waals surface area contributed by atoms with Crippen LogP contribution in [-0.2, 0) is 0 Å². The summed E-state index contributed by atoms with van der Waals surface area (Å²) < 4.78 is 12.5. The number of nitrogens with zero attached hydrogens (tertiary/aromatic N) is 2. The Morgan fingerprint density at radius 1 is 1.12 bits per heavy atom. The molecule has 1 heterocycles. The van der Waals surface area contributed by atoms with Crippen LogP contribution < -0.4 is 5.32 Å². The van der Waals surface area contributed by atoms with Gasteiger partial charge in [-0.3, -0.25) is 0 Å². The second-order valence-corrected chi connectivity index (χ2v) is 4.48. The van der Waals surface area contributed by atoms with Crippen molar-refractivity contribution in [3.05, 3.63) is 48.5 Å². The van der Waals surface area contributed by atoms with Crippen LogP contribution in [-0.4, -0.2) is 22.3 Å². The highest BCUT2D eigenvalue weighted by atomic mass is 32.2. The van der Waals surface area contributed by atoms with Gasteiger partial charge < -0.3 is 5.32 Å². The number of hydrogen-bond donors (Lipinski definition) is 1. The molecule has 0 saturated heterocycles. The maximum atomic E-state index is 12.5. The molecular formula is C12H12FN3S. The zero-order chi connectivity index (χ0) is 11.9. The third-order valence-electron chi connectivity index (χ3n) is 2.02. The Hall–Kier alpha value is -1.62. The molecule has 2 aromatic rings. The Kier molecular flexibility index (Phi) is 4.32. The van der Waals surface area contributed by atoms with Crippen LogP contribution in [0.2, 0.25) is 0 Å². The normalized spacial score (nSPS) is 10.2. The SMILES string of the molecule is Fc1cnc(NCCSc2ccccc2)nc1. The van der Waals surface area contributed by atoms with Crippen molar-refractivity contribution in [3.63, 3.8) is 0 Å². The zero-order valence-electron chi connectivity index (χ0n) is 9.14. The van der Waals surface area contributed by atoms with Gasteiger partial charge in [0.1, 0.15) is 0 Å². The molecule has 5 heteroatoms. The molecule has 0 radical (unpaired) electrons. The van der Waals surface area contributed by atoms with Gasteiger partial charge in [-0.15, -0.1) is 11.8 Å². The number of thioether (sulfide) groups is 1. The first-order valence-electron chi connectivity index (χ1n) is 5.24. The number of anilines is 1. The van der Waals surface area contributed by atoms with E-state index in [4.69, 9.17) is 0 Å². The first-order chi connectivity index (χ1) is 8.34. The Bertz CT molecular complexity index is 447. The third-order valence-corrected chi connectivity index (χ3v) is 3.03. The molecule has 1 aromatic heterocycles. The average molecular weight is 249 g/mol. The zero-order valence-corrected chi connectivity index (χ0v) is 9.95. The highest BCUT2D eigenvalue weighted by Gasteiger charge is 1.96. The van der Waals surface area contributed by atoms with Gasteiger partial charge in [0, 0.05) is 17.2 Å². The van der Waals surface area contributed by atoms with Crippen molar-refractivity contribution in [2.45, 2.75) is 4.90 Å². The Labute approximate surface area is 103 Å². The molecule has 0 aliphatic heterocycles. The monoisotopic (exact) mass is 249 g/mol. The predicted molar refractivity (Wildman–Crippen MR) is 67.6 cm³/mol. The highest BCUT2D eigenvalue weighted by molar-refractivity contribution is 7.99. The van der Waals surface area contributed by atoms with Gasteiger partial charge in [-0.25, -0.2) is 14.4 Å². The molecule has 3 nitrogen and oxygen atoms in total. The van der Waals surface area contributed by atoms with E-state index < -0.39 is 5.82 Å². The summed E-state index contributed by atoms with van der Waals surface area (Å²) in [5.74, 6) is 0.944. The smallest absolute Gasteiger partial charge is 0.222 e. The van der Waals surface area contributed by atoms with Crippen LogP contribution in [0.5, 0.6) is 0 Å². The van der Waals surface area contributed by atoms with Gasteiger partial charge >= 0.3 is 0 Å². The van der Waals surface area contributed by atoms with Gasteiger partial charge in [-0.2, -0.15) is 0 Å². The van der Waals surface area contributed by atoms with E-state index in [1.807, 2.05) is 18.2 Å². The fourth-order valence-electron chi connectivity index (χ4n) is 1.25. The second kappa shape index (κ2) is 6.20. The van der Waals surface area contributed by atoms with Crippen LogP contribution in [0.4, 0.5) is 10.3 Å². The number of hydrogen-bond acceptors (Lipinski definition) is 4. The average Bonchev–Trinajstić information content (AvgIpc) is 2.38. The topological polar surface area (TPSA) is 37.8 Å². The molecule has 1 aromatic carbocycles. The Morgan fingerprint density at radius 2 is 1.82 bits per heavy atom. The molecule has 17 heavy (non-hydrogen) atoms. The molecule has 0 unspecified atom stereocenters. The van der Waals surface area contributed by atoms with Gasteiger partial charge in [-0.05, 0) is 12.1 Å². The number of rotatable bonds is 5. The van der Waals surface area contributed by atoms with Crippen LogP contribution in [0.25, 0.3) is 0 Å². The maximum absolute atomic E-state index is 12.5. The van der Waals surface area contributed by atoms with E-state index >= 15 is 0 Å². The molecule has 0 fully saturated rings. The van der Waals surface area contributed by atoms with Crippen molar-refractivity contribution in [2.24, 2.45) is 0 Å². The lowest BCUT2D eigenvalue weighted by Crippen LogP contribution is -2.07. The minimum Gasteiger partial charge on any atom is -0.353 e. The summed E-state index contributed by atoms with van der Waals surface area (Å²) in [7, 11) is 0. The molecule has 0 aliphatic rings. The largest absolute Gasteiger partial charge is 0.353 e. The first-order valence-corrected chi connectivity index (χ1v) is 6.22. The molecule has 0 saturated carbocycles. The summed E-state index contributed by atoms with van der Waals surface area (Å²) in [4.78, 5) is 8.86. The van der Waals surface area contributed by atoms with Crippen molar-refractivity contribution in [2.75, 3.05) is 17.6 Å². The van der Waals surface area contributed by atoms with Crippen LogP contribution in [0.3, 0.4) is 0 Å². The lowest BCUT2D eigenvalue weighted by molar-refractivity contribution is 0.614. The van der Waals surface area contributed by atoms with Gasteiger partial charge in [0.15, 0.2) is 5.82 Å². The fourth-order valence-corrected chi connectivity index (χ4v) is 2.04. The van der Waals surface area contributed by atoms with E-state index in [1.165, 1.54) is 4.90 Å². The summed E-state index contributed by atoms with van der Waals surface area (Å²) in [6, 6.07) is 10.2. The maximum Gasteiger partial charge on any atom is 0.222 e. The third kappa shape index (κ3) is 4.03. The second-order valence-electron chi connectivity index (χ2n) is 3.31. The molecule has 0 spiro atoms. The van der Waals surface area contributed by atoms with Gasteiger partial charge in [0.25, 0.3) is 0 Å².